The molecule has 1 amide bonds. The monoisotopic (exact) mass is 262 g/mol. The number of carbonyl (C=O) groups excluding carboxylic acids is 1. The van der Waals surface area contributed by atoms with Gasteiger partial charge < -0.3 is 15.5 Å². The van der Waals surface area contributed by atoms with Gasteiger partial charge in [-0.1, -0.05) is 0 Å². The summed E-state index contributed by atoms with van der Waals surface area (Å²) in [6.45, 7) is 3.33. The smallest absolute Gasteiger partial charge is 0.254 e. The maximum Gasteiger partial charge on any atom is 0.254 e. The first-order valence-corrected chi connectivity index (χ1v) is 5.89. The van der Waals surface area contributed by atoms with Crippen LogP contribution in [0, 0.1) is 12.7 Å². The first kappa shape index (κ1) is 13.1. The fraction of sp³-hybridized carbons (Fsp3) is 0.214. The van der Waals surface area contributed by atoms with Crippen molar-refractivity contribution >= 4 is 11.6 Å². The second-order valence-electron chi connectivity index (χ2n) is 4.41. The highest BCUT2D eigenvalue weighted by Gasteiger charge is 2.18. The summed E-state index contributed by atoms with van der Waals surface area (Å²) in [7, 11) is 0. The van der Waals surface area contributed by atoms with Crippen molar-refractivity contribution in [1.29, 1.82) is 0 Å². The number of hydrogen-bond acceptors (Lipinski definition) is 3. The van der Waals surface area contributed by atoms with Crippen LogP contribution >= 0.6 is 0 Å². The van der Waals surface area contributed by atoms with E-state index in [-0.39, 0.29) is 11.6 Å². The van der Waals surface area contributed by atoms with Crippen LogP contribution in [0.2, 0.25) is 0 Å². The lowest BCUT2D eigenvalue weighted by molar-refractivity contribution is 0.0931. The fourth-order valence-electron chi connectivity index (χ4n) is 1.85. The Morgan fingerprint density at radius 1 is 1.47 bits per heavy atom. The Labute approximate surface area is 110 Å². The largest absolute Gasteiger partial charge is 0.467 e. The van der Waals surface area contributed by atoms with E-state index in [0.29, 0.717) is 17.0 Å². The molecule has 0 saturated heterocycles. The Morgan fingerprint density at radius 2 is 2.21 bits per heavy atom. The van der Waals surface area contributed by atoms with E-state index >= 15 is 0 Å². The second-order valence-corrected chi connectivity index (χ2v) is 4.41. The molecule has 100 valence electrons. The number of amides is 1. The zero-order valence-electron chi connectivity index (χ0n) is 10.7. The van der Waals surface area contributed by atoms with Gasteiger partial charge in [0.2, 0.25) is 0 Å². The molecule has 5 heteroatoms. The predicted octanol–water partition coefficient (Wildman–Crippen LogP) is 2.80. The van der Waals surface area contributed by atoms with Gasteiger partial charge >= 0.3 is 0 Å². The minimum Gasteiger partial charge on any atom is -0.467 e. The van der Waals surface area contributed by atoms with E-state index in [9.17, 15) is 9.18 Å². The molecular weight excluding hydrogens is 247 g/mol. The van der Waals surface area contributed by atoms with Gasteiger partial charge in [0.15, 0.2) is 0 Å². The molecule has 0 fully saturated rings. The predicted molar refractivity (Wildman–Crippen MR) is 70.1 cm³/mol. The third-order valence-electron chi connectivity index (χ3n) is 2.84. The van der Waals surface area contributed by atoms with Crippen molar-refractivity contribution in [3.63, 3.8) is 0 Å². The van der Waals surface area contributed by atoms with Gasteiger partial charge in [-0.25, -0.2) is 4.39 Å². The van der Waals surface area contributed by atoms with Crippen LogP contribution in [0.5, 0.6) is 0 Å². The Hall–Kier alpha value is -2.30. The van der Waals surface area contributed by atoms with E-state index in [1.165, 1.54) is 18.4 Å². The van der Waals surface area contributed by atoms with Crippen molar-refractivity contribution in [3.8, 4) is 0 Å². The molecule has 1 aromatic heterocycles. The van der Waals surface area contributed by atoms with Gasteiger partial charge in [-0.2, -0.15) is 0 Å². The van der Waals surface area contributed by atoms with Crippen molar-refractivity contribution < 1.29 is 13.6 Å². The molecule has 0 bridgehead atoms. The minimum absolute atomic E-state index is 0.0593. The van der Waals surface area contributed by atoms with Crippen LogP contribution < -0.4 is 11.1 Å². The number of nitrogen functional groups attached to an aromatic ring is 1. The average molecular weight is 262 g/mol. The molecule has 0 aliphatic rings. The zero-order valence-corrected chi connectivity index (χ0v) is 10.7. The number of hydrogen-bond donors (Lipinski definition) is 2. The Balaban J connectivity index is 2.21. The topological polar surface area (TPSA) is 68.3 Å². The number of aryl methyl sites for hydroxylation is 1. The van der Waals surface area contributed by atoms with Crippen molar-refractivity contribution in [1.82, 2.24) is 5.32 Å². The van der Waals surface area contributed by atoms with Crippen LogP contribution in [-0.2, 0) is 0 Å². The van der Waals surface area contributed by atoms with Crippen LogP contribution in [0.1, 0.15) is 34.6 Å². The molecule has 4 nitrogen and oxygen atoms in total. The zero-order chi connectivity index (χ0) is 14.0. The molecule has 1 atom stereocenters. The number of anilines is 1. The normalized spacial score (nSPS) is 12.2. The quantitative estimate of drug-likeness (QED) is 0.836. The number of nitrogens with one attached hydrogen (secondary N) is 1. The van der Waals surface area contributed by atoms with Gasteiger partial charge in [0.25, 0.3) is 5.91 Å². The fourth-order valence-corrected chi connectivity index (χ4v) is 1.85. The lowest BCUT2D eigenvalue weighted by Gasteiger charge is -2.13. The highest BCUT2D eigenvalue weighted by atomic mass is 19.1. The van der Waals surface area contributed by atoms with E-state index in [1.807, 2.05) is 0 Å². The van der Waals surface area contributed by atoms with Gasteiger partial charge in [0.1, 0.15) is 11.6 Å². The minimum atomic E-state index is -0.557. The lowest BCUT2D eigenvalue weighted by Crippen LogP contribution is -2.27. The Morgan fingerprint density at radius 3 is 2.84 bits per heavy atom. The molecule has 0 spiro atoms. The third-order valence-corrected chi connectivity index (χ3v) is 2.84. The van der Waals surface area contributed by atoms with E-state index in [1.54, 1.807) is 26.0 Å². The molecule has 1 unspecified atom stereocenters. The van der Waals surface area contributed by atoms with Crippen molar-refractivity contribution in [2.75, 3.05) is 5.73 Å². The highest BCUT2D eigenvalue weighted by molar-refractivity contribution is 5.95. The van der Waals surface area contributed by atoms with Gasteiger partial charge in [0.05, 0.1) is 17.9 Å². The molecule has 2 aromatic rings. The van der Waals surface area contributed by atoms with E-state index in [2.05, 4.69) is 5.32 Å². The van der Waals surface area contributed by atoms with Crippen LogP contribution in [0.4, 0.5) is 10.1 Å². The molecule has 1 heterocycles. The number of furan rings is 1. The first-order chi connectivity index (χ1) is 8.99. The molecule has 0 radical (unpaired) electrons. The molecule has 2 rings (SSSR count). The molecular formula is C14H15FN2O2. The molecule has 0 saturated carbocycles. The summed E-state index contributed by atoms with van der Waals surface area (Å²) in [5, 5.41) is 2.67. The van der Waals surface area contributed by atoms with Gasteiger partial charge in [-0.3, -0.25) is 4.79 Å². The van der Waals surface area contributed by atoms with Crippen LogP contribution in [0.15, 0.2) is 34.9 Å². The summed E-state index contributed by atoms with van der Waals surface area (Å²) in [5.74, 6) is -0.468. The summed E-state index contributed by atoms with van der Waals surface area (Å²) >= 11 is 0. The van der Waals surface area contributed by atoms with E-state index in [4.69, 9.17) is 10.2 Å². The van der Waals surface area contributed by atoms with Crippen molar-refractivity contribution in [2.45, 2.75) is 19.9 Å². The lowest BCUT2D eigenvalue weighted by atomic mass is 10.1. The molecule has 0 aliphatic carbocycles. The standard InChI is InChI=1S/C14H15FN2O2/c1-8-6-10(16)7-11(13(8)15)14(18)17-9(2)12-4-3-5-19-12/h3-7,9H,16H2,1-2H3,(H,17,18). The van der Waals surface area contributed by atoms with Gasteiger partial charge in [0, 0.05) is 5.69 Å². The van der Waals surface area contributed by atoms with E-state index < -0.39 is 11.7 Å². The van der Waals surface area contributed by atoms with Crippen molar-refractivity contribution in [3.05, 3.63) is 53.2 Å². The van der Waals surface area contributed by atoms with Gasteiger partial charge in [-0.05, 0) is 43.7 Å². The summed E-state index contributed by atoms with van der Waals surface area (Å²) in [4.78, 5) is 12.0. The molecule has 1 aromatic carbocycles. The SMILES string of the molecule is Cc1cc(N)cc(C(=O)NC(C)c2ccco2)c1F. The average Bonchev–Trinajstić information content (AvgIpc) is 2.87. The number of carbonyl (C=O) groups is 1. The Kier molecular flexibility index (Phi) is 3.55. The molecule has 0 aliphatic heterocycles. The van der Waals surface area contributed by atoms with Crippen LogP contribution in [0.3, 0.4) is 0 Å². The second kappa shape index (κ2) is 5.14. The number of benzene rings is 1. The van der Waals surface area contributed by atoms with E-state index in [0.717, 1.165) is 0 Å². The van der Waals surface area contributed by atoms with Crippen LogP contribution in [0.25, 0.3) is 0 Å². The number of nitrogens with two attached hydrogens (primary N) is 1. The molecule has 19 heavy (non-hydrogen) atoms. The van der Waals surface area contributed by atoms with Gasteiger partial charge in [-0.15, -0.1) is 0 Å². The maximum atomic E-state index is 13.9. The number of rotatable bonds is 3. The third kappa shape index (κ3) is 2.76. The summed E-state index contributed by atoms with van der Waals surface area (Å²) in [6.07, 6.45) is 1.52. The van der Waals surface area contributed by atoms with Crippen molar-refractivity contribution in [2.24, 2.45) is 0 Å². The van der Waals surface area contributed by atoms with Crippen LogP contribution in [-0.4, -0.2) is 5.91 Å². The molecule has 3 N–H and O–H groups in total. The summed E-state index contributed by atoms with van der Waals surface area (Å²) in [6, 6.07) is 5.94. The maximum absolute atomic E-state index is 13.9. The number of halogens is 1. The highest BCUT2D eigenvalue weighted by Crippen LogP contribution is 2.19. The Bertz CT molecular complexity index is 594. The summed E-state index contributed by atoms with van der Waals surface area (Å²) < 4.78 is 19.1. The summed E-state index contributed by atoms with van der Waals surface area (Å²) in [5.41, 5.74) is 6.27. The first-order valence-electron chi connectivity index (χ1n) is 5.89.